The third-order valence-electron chi connectivity index (χ3n) is 5.61. The van der Waals surface area contributed by atoms with Gasteiger partial charge in [0.05, 0.1) is 25.8 Å². The fourth-order valence-corrected chi connectivity index (χ4v) is 3.72. The third-order valence-corrected chi connectivity index (χ3v) is 5.61. The van der Waals surface area contributed by atoms with E-state index in [2.05, 4.69) is 20.8 Å². The molecule has 2 rings (SSSR count). The minimum atomic E-state index is -0.100. The van der Waals surface area contributed by atoms with Crippen molar-refractivity contribution in [1.29, 1.82) is 0 Å². The van der Waals surface area contributed by atoms with Gasteiger partial charge in [-0.3, -0.25) is 4.79 Å². The van der Waals surface area contributed by atoms with Crippen molar-refractivity contribution in [3.05, 3.63) is 28.6 Å². The normalized spacial score (nSPS) is 11.1. The maximum atomic E-state index is 13.5. The van der Waals surface area contributed by atoms with Crippen LogP contribution in [0.4, 0.5) is 0 Å². The van der Waals surface area contributed by atoms with Gasteiger partial charge in [-0.25, -0.2) is 0 Å². The quantitative estimate of drug-likeness (QED) is 0.277. The van der Waals surface area contributed by atoms with Gasteiger partial charge in [0.25, 0.3) is 5.56 Å². The van der Waals surface area contributed by atoms with Gasteiger partial charge in [0.2, 0.25) is 5.75 Å². The SMILES string of the molecule is CCCCCCOc1c(OCCCC)c(=O)n(CCCCCC)c2cc(OC)ccc12. The zero-order valence-electron chi connectivity index (χ0n) is 20.0. The van der Waals surface area contributed by atoms with Crippen LogP contribution in [-0.4, -0.2) is 24.9 Å². The lowest BCUT2D eigenvalue weighted by molar-refractivity contribution is 0.258. The van der Waals surface area contributed by atoms with Gasteiger partial charge < -0.3 is 18.8 Å². The molecule has 1 aromatic heterocycles. The second kappa shape index (κ2) is 14.0. The molecular formula is C26H41NO4. The van der Waals surface area contributed by atoms with E-state index in [4.69, 9.17) is 14.2 Å². The molecule has 1 heterocycles. The summed E-state index contributed by atoms with van der Waals surface area (Å²) in [4.78, 5) is 13.5. The Morgan fingerprint density at radius 3 is 2.10 bits per heavy atom. The van der Waals surface area contributed by atoms with E-state index in [-0.39, 0.29) is 5.56 Å². The third kappa shape index (κ3) is 7.19. The van der Waals surface area contributed by atoms with Gasteiger partial charge in [-0.1, -0.05) is 65.7 Å². The molecule has 0 amide bonds. The molecule has 0 aliphatic carbocycles. The number of aromatic nitrogens is 1. The van der Waals surface area contributed by atoms with E-state index in [9.17, 15) is 4.79 Å². The zero-order chi connectivity index (χ0) is 22.5. The Kier molecular flexibility index (Phi) is 11.3. The first kappa shape index (κ1) is 25.1. The molecule has 0 N–H and O–H groups in total. The second-order valence-corrected chi connectivity index (χ2v) is 8.17. The van der Waals surface area contributed by atoms with Crippen LogP contribution in [0.25, 0.3) is 10.9 Å². The summed E-state index contributed by atoms with van der Waals surface area (Å²) in [5.74, 6) is 1.68. The van der Waals surface area contributed by atoms with Crippen molar-refractivity contribution in [1.82, 2.24) is 4.57 Å². The van der Waals surface area contributed by atoms with Gasteiger partial charge in [0, 0.05) is 18.0 Å². The van der Waals surface area contributed by atoms with Gasteiger partial charge >= 0.3 is 0 Å². The molecule has 0 aliphatic rings. The van der Waals surface area contributed by atoms with E-state index < -0.39 is 0 Å². The van der Waals surface area contributed by atoms with E-state index in [1.807, 2.05) is 22.8 Å². The van der Waals surface area contributed by atoms with Gasteiger partial charge in [0.1, 0.15) is 5.75 Å². The highest BCUT2D eigenvalue weighted by molar-refractivity contribution is 5.89. The predicted octanol–water partition coefficient (Wildman–Crippen LogP) is 6.73. The van der Waals surface area contributed by atoms with Crippen LogP contribution in [-0.2, 0) is 6.54 Å². The number of unbranched alkanes of at least 4 members (excludes halogenated alkanes) is 7. The summed E-state index contributed by atoms with van der Waals surface area (Å²) < 4.78 is 19.5. The first-order valence-electron chi connectivity index (χ1n) is 12.2. The van der Waals surface area contributed by atoms with Crippen LogP contribution in [0.15, 0.2) is 23.0 Å². The minimum Gasteiger partial charge on any atom is -0.497 e. The zero-order valence-corrected chi connectivity index (χ0v) is 20.0. The molecule has 0 bridgehead atoms. The molecule has 0 saturated heterocycles. The number of benzene rings is 1. The maximum absolute atomic E-state index is 13.5. The predicted molar refractivity (Wildman–Crippen MR) is 129 cm³/mol. The van der Waals surface area contributed by atoms with Crippen molar-refractivity contribution in [2.24, 2.45) is 0 Å². The van der Waals surface area contributed by atoms with Gasteiger partial charge in [-0.15, -0.1) is 0 Å². The van der Waals surface area contributed by atoms with Crippen molar-refractivity contribution >= 4 is 10.9 Å². The van der Waals surface area contributed by atoms with Crippen LogP contribution >= 0.6 is 0 Å². The highest BCUT2D eigenvalue weighted by Gasteiger charge is 2.20. The summed E-state index contributed by atoms with van der Waals surface area (Å²) in [6, 6.07) is 5.86. The Hall–Kier alpha value is -2.17. The molecule has 0 radical (unpaired) electrons. The number of ether oxygens (including phenoxy) is 3. The Morgan fingerprint density at radius 2 is 1.42 bits per heavy atom. The number of hydrogen-bond acceptors (Lipinski definition) is 4. The molecule has 5 nitrogen and oxygen atoms in total. The first-order valence-corrected chi connectivity index (χ1v) is 12.2. The molecule has 0 saturated carbocycles. The average molecular weight is 432 g/mol. The largest absolute Gasteiger partial charge is 0.497 e. The number of nitrogens with zero attached hydrogens (tertiary/aromatic N) is 1. The molecule has 2 aromatic rings. The smallest absolute Gasteiger partial charge is 0.297 e. The fraction of sp³-hybridized carbons (Fsp3) is 0.654. The number of aryl methyl sites for hydroxylation is 1. The van der Waals surface area contributed by atoms with Crippen molar-refractivity contribution in [2.75, 3.05) is 20.3 Å². The summed E-state index contributed by atoms with van der Waals surface area (Å²) in [5, 5.41) is 0.915. The molecule has 0 atom stereocenters. The summed E-state index contributed by atoms with van der Waals surface area (Å²) in [6.45, 7) is 8.29. The lowest BCUT2D eigenvalue weighted by atomic mass is 10.1. The lowest BCUT2D eigenvalue weighted by Gasteiger charge is -2.19. The molecule has 0 unspecified atom stereocenters. The molecule has 0 aliphatic heterocycles. The van der Waals surface area contributed by atoms with Gasteiger partial charge in [0.15, 0.2) is 5.75 Å². The summed E-state index contributed by atoms with van der Waals surface area (Å²) >= 11 is 0. The summed E-state index contributed by atoms with van der Waals surface area (Å²) in [7, 11) is 1.65. The highest BCUT2D eigenvalue weighted by atomic mass is 16.5. The van der Waals surface area contributed by atoms with Crippen LogP contribution in [0, 0.1) is 0 Å². The fourth-order valence-electron chi connectivity index (χ4n) is 3.72. The van der Waals surface area contributed by atoms with Crippen LogP contribution in [0.5, 0.6) is 17.2 Å². The molecule has 31 heavy (non-hydrogen) atoms. The van der Waals surface area contributed by atoms with Crippen LogP contribution in [0.1, 0.15) is 85.0 Å². The Labute approximate surface area is 187 Å². The topological polar surface area (TPSA) is 49.7 Å². The molecule has 0 fully saturated rings. The summed E-state index contributed by atoms with van der Waals surface area (Å²) in [5.41, 5.74) is 0.754. The minimum absolute atomic E-state index is 0.100. The van der Waals surface area contributed by atoms with Crippen molar-refractivity contribution < 1.29 is 14.2 Å². The van der Waals surface area contributed by atoms with E-state index in [0.29, 0.717) is 31.3 Å². The van der Waals surface area contributed by atoms with E-state index in [1.54, 1.807) is 7.11 Å². The lowest BCUT2D eigenvalue weighted by Crippen LogP contribution is -2.24. The van der Waals surface area contributed by atoms with Gasteiger partial charge in [-0.05, 0) is 31.4 Å². The molecular weight excluding hydrogens is 390 g/mol. The Balaban J connectivity index is 2.47. The van der Waals surface area contributed by atoms with Crippen molar-refractivity contribution in [3.8, 4) is 17.2 Å². The monoisotopic (exact) mass is 431 g/mol. The Bertz CT molecular complexity index is 843. The molecule has 1 aromatic carbocycles. The highest BCUT2D eigenvalue weighted by Crippen LogP contribution is 2.35. The number of methoxy groups -OCH3 is 1. The standard InChI is InChI=1S/C26H41NO4/c1-5-8-11-13-17-27-23-20-21(29-4)15-16-22(23)24(30-19-14-12-9-6-2)25(26(27)28)31-18-10-7-3/h15-16,20H,5-14,17-19H2,1-4H3. The maximum Gasteiger partial charge on any atom is 0.297 e. The van der Waals surface area contributed by atoms with Crippen LogP contribution in [0.2, 0.25) is 0 Å². The van der Waals surface area contributed by atoms with Crippen molar-refractivity contribution in [2.45, 2.75) is 91.5 Å². The van der Waals surface area contributed by atoms with Crippen LogP contribution in [0.3, 0.4) is 0 Å². The average Bonchev–Trinajstić information content (AvgIpc) is 2.79. The number of rotatable bonds is 16. The van der Waals surface area contributed by atoms with E-state index in [0.717, 1.165) is 55.2 Å². The summed E-state index contributed by atoms with van der Waals surface area (Å²) in [6.07, 6.45) is 10.8. The molecule has 174 valence electrons. The number of pyridine rings is 1. The second-order valence-electron chi connectivity index (χ2n) is 8.17. The van der Waals surface area contributed by atoms with Crippen LogP contribution < -0.4 is 19.8 Å². The Morgan fingerprint density at radius 1 is 0.774 bits per heavy atom. The number of fused-ring (bicyclic) bond motifs is 1. The van der Waals surface area contributed by atoms with E-state index >= 15 is 0 Å². The molecule has 5 heteroatoms. The molecule has 0 spiro atoms. The number of hydrogen-bond donors (Lipinski definition) is 0. The van der Waals surface area contributed by atoms with E-state index in [1.165, 1.54) is 25.7 Å². The van der Waals surface area contributed by atoms with Crippen molar-refractivity contribution in [3.63, 3.8) is 0 Å². The van der Waals surface area contributed by atoms with Gasteiger partial charge in [-0.2, -0.15) is 0 Å². The first-order chi connectivity index (χ1) is 15.2.